The summed E-state index contributed by atoms with van der Waals surface area (Å²) >= 11 is 0. The van der Waals surface area contributed by atoms with Crippen LogP contribution in [0.4, 0.5) is 0 Å². The van der Waals surface area contributed by atoms with Gasteiger partial charge in [-0.3, -0.25) is 0 Å². The molecule has 0 heterocycles. The average molecular weight is 248 g/mol. The molecule has 0 aliphatic heterocycles. The Morgan fingerprint density at radius 3 is 2.11 bits per heavy atom. The summed E-state index contributed by atoms with van der Waals surface area (Å²) in [4.78, 5) is 21.1. The zero-order chi connectivity index (χ0) is 13.5. The fourth-order valence-electron chi connectivity index (χ4n) is 1.20. The lowest BCUT2D eigenvalue weighted by Crippen LogP contribution is -2.10. The van der Waals surface area contributed by atoms with Crippen molar-refractivity contribution in [3.63, 3.8) is 0 Å². The molecular formula is C13H12O5. The highest BCUT2D eigenvalue weighted by molar-refractivity contribution is 6.12. The van der Waals surface area contributed by atoms with E-state index in [1.807, 2.05) is 0 Å². The van der Waals surface area contributed by atoms with E-state index >= 15 is 0 Å². The van der Waals surface area contributed by atoms with Crippen molar-refractivity contribution >= 4 is 18.0 Å². The van der Waals surface area contributed by atoms with Gasteiger partial charge in [0.25, 0.3) is 0 Å². The zero-order valence-corrected chi connectivity index (χ0v) is 9.66. The van der Waals surface area contributed by atoms with Gasteiger partial charge in [0.15, 0.2) is 0 Å². The third kappa shape index (κ3) is 3.79. The minimum atomic E-state index is -1.47. The highest BCUT2D eigenvalue weighted by Crippen LogP contribution is 2.12. The molecule has 0 radical (unpaired) electrons. The summed E-state index contributed by atoms with van der Waals surface area (Å²) in [5.74, 6) is -2.23. The van der Waals surface area contributed by atoms with E-state index in [1.54, 1.807) is 37.5 Å². The number of hydrogen-bond donors (Lipinski definition) is 2. The van der Waals surface area contributed by atoms with Crippen LogP contribution in [0.3, 0.4) is 0 Å². The maximum atomic E-state index is 10.6. The molecule has 0 aromatic heterocycles. The van der Waals surface area contributed by atoms with Crippen molar-refractivity contribution in [3.8, 4) is 5.75 Å². The summed E-state index contributed by atoms with van der Waals surface area (Å²) in [6.07, 6.45) is 4.01. The third-order valence-corrected chi connectivity index (χ3v) is 2.13. The van der Waals surface area contributed by atoms with Crippen LogP contribution in [0, 0.1) is 0 Å². The summed E-state index contributed by atoms with van der Waals surface area (Å²) in [6.45, 7) is 0. The van der Waals surface area contributed by atoms with Crippen LogP contribution >= 0.6 is 0 Å². The van der Waals surface area contributed by atoms with Crippen molar-refractivity contribution in [2.75, 3.05) is 7.11 Å². The van der Waals surface area contributed by atoms with Gasteiger partial charge in [-0.25, -0.2) is 9.59 Å². The van der Waals surface area contributed by atoms with E-state index in [2.05, 4.69) is 0 Å². The smallest absolute Gasteiger partial charge is 0.343 e. The van der Waals surface area contributed by atoms with Gasteiger partial charge < -0.3 is 14.9 Å². The first-order valence-electron chi connectivity index (χ1n) is 5.03. The highest BCUT2D eigenvalue weighted by Gasteiger charge is 2.13. The first-order chi connectivity index (χ1) is 8.54. The molecule has 2 N–H and O–H groups in total. The van der Waals surface area contributed by atoms with E-state index < -0.39 is 17.5 Å². The first kappa shape index (κ1) is 13.5. The molecule has 0 unspecified atom stereocenters. The van der Waals surface area contributed by atoms with E-state index in [4.69, 9.17) is 14.9 Å². The van der Waals surface area contributed by atoms with Gasteiger partial charge in [-0.1, -0.05) is 24.3 Å². The lowest BCUT2D eigenvalue weighted by atomic mass is 10.2. The van der Waals surface area contributed by atoms with Gasteiger partial charge in [-0.15, -0.1) is 0 Å². The lowest BCUT2D eigenvalue weighted by molar-refractivity contribution is -0.140. The van der Waals surface area contributed by atoms with Crippen molar-refractivity contribution in [1.82, 2.24) is 0 Å². The SMILES string of the molecule is COc1ccc(/C=C/C=C(C(=O)O)C(=O)O)cc1. The minimum Gasteiger partial charge on any atom is -0.497 e. The van der Waals surface area contributed by atoms with Crippen LogP contribution in [-0.4, -0.2) is 29.3 Å². The lowest BCUT2D eigenvalue weighted by Gasteiger charge is -1.98. The van der Waals surface area contributed by atoms with E-state index in [9.17, 15) is 9.59 Å². The van der Waals surface area contributed by atoms with Gasteiger partial charge >= 0.3 is 11.9 Å². The van der Waals surface area contributed by atoms with Crippen LogP contribution in [0.15, 0.2) is 42.0 Å². The Morgan fingerprint density at radius 1 is 1.11 bits per heavy atom. The predicted molar refractivity (Wildman–Crippen MR) is 65.4 cm³/mol. The van der Waals surface area contributed by atoms with Gasteiger partial charge in [-0.2, -0.15) is 0 Å². The van der Waals surface area contributed by atoms with Crippen molar-refractivity contribution in [2.45, 2.75) is 0 Å². The molecule has 18 heavy (non-hydrogen) atoms. The number of allylic oxidation sites excluding steroid dienone is 2. The van der Waals surface area contributed by atoms with Gasteiger partial charge in [0.2, 0.25) is 0 Å². The van der Waals surface area contributed by atoms with Crippen molar-refractivity contribution in [2.24, 2.45) is 0 Å². The molecule has 0 aliphatic carbocycles. The number of aliphatic carboxylic acids is 2. The van der Waals surface area contributed by atoms with Crippen LogP contribution in [0.1, 0.15) is 5.56 Å². The molecule has 1 rings (SSSR count). The van der Waals surface area contributed by atoms with Crippen LogP contribution < -0.4 is 4.74 Å². The molecule has 5 heteroatoms. The van der Waals surface area contributed by atoms with E-state index in [0.717, 1.165) is 11.6 Å². The Morgan fingerprint density at radius 2 is 1.67 bits per heavy atom. The van der Waals surface area contributed by atoms with Gasteiger partial charge in [0.1, 0.15) is 11.3 Å². The highest BCUT2D eigenvalue weighted by atomic mass is 16.5. The molecule has 5 nitrogen and oxygen atoms in total. The number of carboxylic acid groups (broad SMARTS) is 2. The Kier molecular flexibility index (Phi) is 4.68. The third-order valence-electron chi connectivity index (χ3n) is 2.13. The number of carbonyl (C=O) groups is 2. The second-order valence-corrected chi connectivity index (χ2v) is 3.32. The maximum Gasteiger partial charge on any atom is 0.343 e. The topological polar surface area (TPSA) is 83.8 Å². The molecule has 0 spiro atoms. The largest absolute Gasteiger partial charge is 0.497 e. The molecule has 0 amide bonds. The number of benzene rings is 1. The van der Waals surface area contributed by atoms with Crippen LogP contribution in [-0.2, 0) is 9.59 Å². The maximum absolute atomic E-state index is 10.6. The summed E-state index contributed by atoms with van der Waals surface area (Å²) in [7, 11) is 1.56. The number of carboxylic acids is 2. The minimum absolute atomic E-state index is 0.681. The Balaban J connectivity index is 2.82. The fraction of sp³-hybridized carbons (Fsp3) is 0.0769. The Labute approximate surface area is 104 Å². The van der Waals surface area contributed by atoms with Crippen LogP contribution in [0.25, 0.3) is 6.08 Å². The molecule has 1 aromatic carbocycles. The van der Waals surface area contributed by atoms with Crippen molar-refractivity contribution in [3.05, 3.63) is 47.6 Å². The molecule has 0 fully saturated rings. The number of hydrogen-bond acceptors (Lipinski definition) is 3. The van der Waals surface area contributed by atoms with Gasteiger partial charge in [-0.05, 0) is 23.8 Å². The van der Waals surface area contributed by atoms with Gasteiger partial charge in [0, 0.05) is 0 Å². The molecule has 0 aliphatic rings. The quantitative estimate of drug-likeness (QED) is 0.359. The molecule has 0 bridgehead atoms. The summed E-state index contributed by atoms with van der Waals surface area (Å²) in [6, 6.07) is 7.03. The number of ether oxygens (including phenoxy) is 1. The second kappa shape index (κ2) is 6.24. The van der Waals surface area contributed by atoms with Crippen LogP contribution in [0.2, 0.25) is 0 Å². The van der Waals surface area contributed by atoms with Crippen LogP contribution in [0.5, 0.6) is 5.75 Å². The zero-order valence-electron chi connectivity index (χ0n) is 9.66. The first-order valence-corrected chi connectivity index (χ1v) is 5.03. The number of rotatable bonds is 5. The number of methoxy groups -OCH3 is 1. The summed E-state index contributed by atoms with van der Waals surface area (Å²) in [5, 5.41) is 17.2. The van der Waals surface area contributed by atoms with Crippen molar-refractivity contribution in [1.29, 1.82) is 0 Å². The second-order valence-electron chi connectivity index (χ2n) is 3.32. The standard InChI is InChI=1S/C13H12O5/c1-18-10-7-5-9(6-8-10)3-2-4-11(12(14)15)13(16)17/h2-8H,1H3,(H,14,15)(H,16,17)/b3-2+. The Hall–Kier alpha value is -2.56. The Bertz CT molecular complexity index is 481. The fourth-order valence-corrected chi connectivity index (χ4v) is 1.20. The predicted octanol–water partition coefficient (Wildman–Crippen LogP) is 1.80. The van der Waals surface area contributed by atoms with Gasteiger partial charge in [0.05, 0.1) is 7.11 Å². The molecule has 1 aromatic rings. The average Bonchev–Trinajstić information content (AvgIpc) is 2.34. The van der Waals surface area contributed by atoms with E-state index in [0.29, 0.717) is 5.75 Å². The van der Waals surface area contributed by atoms with Crippen molar-refractivity contribution < 1.29 is 24.5 Å². The molecular weight excluding hydrogens is 236 g/mol. The molecule has 0 saturated heterocycles. The van der Waals surface area contributed by atoms with E-state index in [-0.39, 0.29) is 0 Å². The summed E-state index contributed by atoms with van der Waals surface area (Å²) in [5.41, 5.74) is 0.127. The molecule has 0 saturated carbocycles. The normalized spacial score (nSPS) is 10.1. The molecule has 94 valence electrons. The molecule has 0 atom stereocenters. The summed E-state index contributed by atoms with van der Waals surface area (Å²) < 4.78 is 4.98. The van der Waals surface area contributed by atoms with E-state index in [1.165, 1.54) is 6.08 Å². The monoisotopic (exact) mass is 248 g/mol.